The van der Waals surface area contributed by atoms with Crippen LogP contribution in [0.4, 0.5) is 57.1 Å². The van der Waals surface area contributed by atoms with E-state index in [9.17, 15) is 61.9 Å². The summed E-state index contributed by atoms with van der Waals surface area (Å²) in [5, 5.41) is 0. The lowest BCUT2D eigenvalue weighted by Gasteiger charge is -2.42. The molecule has 0 saturated heterocycles. The van der Waals surface area contributed by atoms with E-state index in [0.717, 1.165) is 6.92 Å². The number of methoxy groups -OCH3 is 1. The van der Waals surface area contributed by atoms with Crippen molar-refractivity contribution in [1.29, 1.82) is 0 Å². The molecule has 15 heteroatoms. The Morgan fingerprint density at radius 3 is 1.39 bits per heavy atom. The van der Waals surface area contributed by atoms with Crippen LogP contribution in [0, 0.1) is 11.8 Å². The topological polar surface area (TPSA) is 26.3 Å². The van der Waals surface area contributed by atoms with Gasteiger partial charge in [0, 0.05) is 5.92 Å². The first-order valence-corrected chi connectivity index (χ1v) is 7.13. The van der Waals surface area contributed by atoms with Crippen molar-refractivity contribution in [2.75, 3.05) is 7.11 Å². The van der Waals surface area contributed by atoms with E-state index in [0.29, 0.717) is 7.11 Å². The van der Waals surface area contributed by atoms with Crippen molar-refractivity contribution < 1.29 is 66.6 Å². The molecular formula is C13H13F13O2. The molecule has 0 heterocycles. The molecule has 0 aromatic carbocycles. The molecule has 2 atom stereocenters. The summed E-state index contributed by atoms with van der Waals surface area (Å²) < 4.78 is 174. The molecule has 0 saturated carbocycles. The zero-order valence-corrected chi connectivity index (χ0v) is 14.1. The van der Waals surface area contributed by atoms with Gasteiger partial charge in [-0.15, -0.1) is 0 Å². The van der Waals surface area contributed by atoms with Crippen LogP contribution in [0.15, 0.2) is 0 Å². The van der Waals surface area contributed by atoms with Crippen molar-refractivity contribution in [3.8, 4) is 0 Å². The summed E-state index contributed by atoms with van der Waals surface area (Å²) in [5.74, 6) is -44.5. The highest BCUT2D eigenvalue weighted by molar-refractivity contribution is 5.72. The fourth-order valence-corrected chi connectivity index (χ4v) is 2.20. The first kappa shape index (κ1) is 26.6. The molecule has 0 aromatic heterocycles. The van der Waals surface area contributed by atoms with Gasteiger partial charge >= 0.3 is 41.8 Å². The fraction of sp³-hybridized carbons (Fsp3) is 0.923. The number of hydrogen-bond acceptors (Lipinski definition) is 2. The van der Waals surface area contributed by atoms with Gasteiger partial charge in [0.05, 0.1) is 13.0 Å². The maximum Gasteiger partial charge on any atom is 0.460 e. The van der Waals surface area contributed by atoms with E-state index in [2.05, 4.69) is 4.74 Å². The first-order valence-electron chi connectivity index (χ1n) is 7.13. The molecule has 0 bridgehead atoms. The molecule has 0 aliphatic carbocycles. The maximum atomic E-state index is 13.9. The molecule has 0 spiro atoms. The Hall–Kier alpha value is -1.44. The Bertz CT molecular complexity index is 567. The number of hydrogen-bond donors (Lipinski definition) is 0. The lowest BCUT2D eigenvalue weighted by Crippen LogP contribution is -2.71. The van der Waals surface area contributed by atoms with Gasteiger partial charge in [-0.3, -0.25) is 4.79 Å². The van der Waals surface area contributed by atoms with Gasteiger partial charge in [-0.1, -0.05) is 13.8 Å². The number of halogens is 13. The zero-order valence-electron chi connectivity index (χ0n) is 14.1. The van der Waals surface area contributed by atoms with Crippen LogP contribution < -0.4 is 0 Å². The SMILES string of the molecule is CCC(C(=O)OC)C(C)C(F)(F)C(F)(F)C(F)(F)C(F)(F)C(F)(F)C(F)(F)F. The molecule has 0 amide bonds. The van der Waals surface area contributed by atoms with Crippen LogP contribution in [0.5, 0.6) is 0 Å². The fourth-order valence-electron chi connectivity index (χ4n) is 2.20. The number of ether oxygens (including phenoxy) is 1. The van der Waals surface area contributed by atoms with Crippen molar-refractivity contribution in [2.45, 2.75) is 56.1 Å². The average molecular weight is 448 g/mol. The van der Waals surface area contributed by atoms with Crippen LogP contribution in [0.3, 0.4) is 0 Å². The van der Waals surface area contributed by atoms with Crippen LogP contribution in [-0.4, -0.2) is 48.9 Å². The minimum Gasteiger partial charge on any atom is -0.469 e. The van der Waals surface area contributed by atoms with E-state index in [4.69, 9.17) is 0 Å². The standard InChI is InChI=1S/C13H13F13O2/c1-4-6(7(27)28-3)5(2)8(14,15)9(16,17)10(18,19)11(20,21)12(22,23)13(24,25)26/h5-6H,4H2,1-3H3. The third kappa shape index (κ3) is 3.60. The zero-order chi connectivity index (χ0) is 23.1. The van der Waals surface area contributed by atoms with Gasteiger partial charge in [-0.2, -0.15) is 57.1 Å². The molecule has 2 unspecified atom stereocenters. The minimum absolute atomic E-state index is 0.0229. The van der Waals surface area contributed by atoms with Crippen molar-refractivity contribution in [1.82, 2.24) is 0 Å². The van der Waals surface area contributed by atoms with Crippen molar-refractivity contribution in [3.05, 3.63) is 0 Å². The number of carbonyl (C=O) groups excluding carboxylic acids is 1. The molecule has 28 heavy (non-hydrogen) atoms. The van der Waals surface area contributed by atoms with Crippen LogP contribution in [0.25, 0.3) is 0 Å². The van der Waals surface area contributed by atoms with Crippen molar-refractivity contribution in [3.63, 3.8) is 0 Å². The van der Waals surface area contributed by atoms with E-state index in [-0.39, 0.29) is 6.92 Å². The van der Waals surface area contributed by atoms with Crippen LogP contribution >= 0.6 is 0 Å². The van der Waals surface area contributed by atoms with E-state index in [1.807, 2.05) is 0 Å². The second-order valence-electron chi connectivity index (χ2n) is 5.74. The first-order chi connectivity index (χ1) is 12.1. The van der Waals surface area contributed by atoms with E-state index >= 15 is 0 Å². The number of carbonyl (C=O) groups is 1. The predicted octanol–water partition coefficient (Wildman–Crippen LogP) is 5.56. The molecule has 0 aliphatic heterocycles. The van der Waals surface area contributed by atoms with E-state index in [1.165, 1.54) is 0 Å². The summed E-state index contributed by atoms with van der Waals surface area (Å²) in [4.78, 5) is 11.3. The van der Waals surface area contributed by atoms with Gasteiger partial charge in [0.25, 0.3) is 0 Å². The van der Waals surface area contributed by atoms with Gasteiger partial charge in [-0.05, 0) is 6.42 Å². The number of alkyl halides is 13. The quantitative estimate of drug-likeness (QED) is 0.359. The highest BCUT2D eigenvalue weighted by Crippen LogP contribution is 2.61. The summed E-state index contributed by atoms with van der Waals surface area (Å²) in [6.07, 6.45) is -8.23. The van der Waals surface area contributed by atoms with E-state index < -0.39 is 60.0 Å². The molecule has 0 radical (unpaired) electrons. The second-order valence-corrected chi connectivity index (χ2v) is 5.74. The van der Waals surface area contributed by atoms with Gasteiger partial charge in [-0.25, -0.2) is 0 Å². The normalized spacial score (nSPS) is 17.3. The van der Waals surface area contributed by atoms with E-state index in [1.54, 1.807) is 0 Å². The van der Waals surface area contributed by atoms with Crippen LogP contribution in [0.2, 0.25) is 0 Å². The Kier molecular flexibility index (Phi) is 7.05. The monoisotopic (exact) mass is 448 g/mol. The maximum absolute atomic E-state index is 13.9. The highest BCUT2D eigenvalue weighted by Gasteiger charge is 2.91. The van der Waals surface area contributed by atoms with Gasteiger partial charge in [0.2, 0.25) is 0 Å². The minimum atomic E-state index is -7.96. The summed E-state index contributed by atoms with van der Waals surface area (Å²) in [6, 6.07) is 0. The summed E-state index contributed by atoms with van der Waals surface area (Å²) in [7, 11) is 0.584. The molecule has 0 rings (SSSR count). The van der Waals surface area contributed by atoms with Crippen molar-refractivity contribution >= 4 is 5.97 Å². The molecule has 168 valence electrons. The van der Waals surface area contributed by atoms with Gasteiger partial charge in [0.1, 0.15) is 0 Å². The third-order valence-corrected chi connectivity index (χ3v) is 4.08. The lowest BCUT2D eigenvalue weighted by atomic mass is 9.80. The van der Waals surface area contributed by atoms with Gasteiger partial charge in [0.15, 0.2) is 0 Å². The van der Waals surface area contributed by atoms with Crippen molar-refractivity contribution in [2.24, 2.45) is 11.8 Å². The molecule has 0 aliphatic rings. The third-order valence-electron chi connectivity index (χ3n) is 4.08. The van der Waals surface area contributed by atoms with Crippen LogP contribution in [-0.2, 0) is 9.53 Å². The highest BCUT2D eigenvalue weighted by atomic mass is 19.4. The Balaban J connectivity index is 6.42. The summed E-state index contributed by atoms with van der Waals surface area (Å²) >= 11 is 0. The predicted molar refractivity (Wildman–Crippen MR) is 65.8 cm³/mol. The summed E-state index contributed by atoms with van der Waals surface area (Å²) in [6.45, 7) is 0.936. The average Bonchev–Trinajstić information content (AvgIpc) is 2.53. The molecule has 0 fully saturated rings. The molecular weight excluding hydrogens is 435 g/mol. The summed E-state index contributed by atoms with van der Waals surface area (Å²) in [5.41, 5.74) is 0. The number of esters is 1. The lowest BCUT2D eigenvalue weighted by molar-refractivity contribution is -0.443. The van der Waals surface area contributed by atoms with Crippen LogP contribution in [0.1, 0.15) is 20.3 Å². The largest absolute Gasteiger partial charge is 0.469 e. The Morgan fingerprint density at radius 2 is 1.11 bits per heavy atom. The molecule has 2 nitrogen and oxygen atoms in total. The smallest absolute Gasteiger partial charge is 0.460 e. The Morgan fingerprint density at radius 1 is 0.750 bits per heavy atom. The molecule has 0 N–H and O–H groups in total. The number of rotatable bonds is 8. The van der Waals surface area contributed by atoms with Gasteiger partial charge < -0.3 is 4.74 Å². The second kappa shape index (κ2) is 7.43. The Labute approximate surface area is 149 Å². The molecule has 0 aromatic rings.